The fourth-order valence-electron chi connectivity index (χ4n) is 3.09. The van der Waals surface area contributed by atoms with Crippen LogP contribution in [0.15, 0.2) is 73.1 Å². The van der Waals surface area contributed by atoms with E-state index in [2.05, 4.69) is 42.4 Å². The maximum Gasteiger partial charge on any atom is 0.307 e. The molecule has 0 saturated heterocycles. The number of carbonyl (C=O) groups excluding carboxylic acids is 1. The fourth-order valence-corrected chi connectivity index (χ4v) is 4.43. The molecule has 4 rings (SSSR count). The molecule has 0 saturated carbocycles. The number of ether oxygens (including phenoxy) is 1. The van der Waals surface area contributed by atoms with Gasteiger partial charge in [-0.05, 0) is 58.6 Å². The maximum absolute atomic E-state index is 12.4. The number of furan rings is 1. The van der Waals surface area contributed by atoms with Gasteiger partial charge in [-0.2, -0.15) is 5.10 Å². The second-order valence-electron chi connectivity index (χ2n) is 6.25. The highest BCUT2D eigenvalue weighted by atomic mass is 79.9. The maximum atomic E-state index is 12.4. The van der Waals surface area contributed by atoms with Crippen LogP contribution >= 0.6 is 31.9 Å². The Labute approximate surface area is 184 Å². The Balaban J connectivity index is 1.57. The van der Waals surface area contributed by atoms with Crippen LogP contribution in [-0.4, -0.2) is 18.7 Å². The first-order chi connectivity index (χ1) is 14.1. The van der Waals surface area contributed by atoms with Gasteiger partial charge in [-0.15, -0.1) is 0 Å². The number of hydrogen-bond donors (Lipinski definition) is 1. The monoisotopic (exact) mass is 514 g/mol. The van der Waals surface area contributed by atoms with Crippen LogP contribution < -0.4 is 10.2 Å². The van der Waals surface area contributed by atoms with Crippen LogP contribution in [0.25, 0.3) is 21.7 Å². The van der Waals surface area contributed by atoms with Crippen molar-refractivity contribution in [2.45, 2.75) is 6.92 Å². The van der Waals surface area contributed by atoms with Gasteiger partial charge in [-0.1, -0.05) is 40.2 Å². The number of amides is 1. The van der Waals surface area contributed by atoms with Crippen LogP contribution in [0.1, 0.15) is 23.0 Å². The molecule has 0 spiro atoms. The van der Waals surface area contributed by atoms with Gasteiger partial charge in [0.2, 0.25) is 0 Å². The fraction of sp³-hybridized carbons (Fsp3) is 0.0909. The number of rotatable bonds is 5. The standard InChI is InChI=1S/C22H16Br2N2O3/c1-2-28-19-8-7-13(16-5-3-4-6-17(16)19)12-25-26-22(27)20-10-14-9-15(23)11-18(24)21(14)29-20/h3-12H,2H2,1H3,(H,26,27)/b25-12-. The summed E-state index contributed by atoms with van der Waals surface area (Å²) in [5.41, 5.74) is 4.01. The zero-order valence-corrected chi connectivity index (χ0v) is 18.6. The third kappa shape index (κ3) is 4.06. The van der Waals surface area contributed by atoms with Crippen LogP contribution in [0.3, 0.4) is 0 Å². The molecule has 0 bridgehead atoms. The second kappa shape index (κ2) is 8.39. The highest BCUT2D eigenvalue weighted by molar-refractivity contribution is 9.11. The highest BCUT2D eigenvalue weighted by Crippen LogP contribution is 2.31. The quantitative estimate of drug-likeness (QED) is 0.251. The van der Waals surface area contributed by atoms with Gasteiger partial charge in [-0.25, -0.2) is 5.43 Å². The zero-order valence-electron chi connectivity index (χ0n) is 15.4. The van der Waals surface area contributed by atoms with Gasteiger partial charge in [0.15, 0.2) is 5.76 Å². The number of nitrogens with zero attached hydrogens (tertiary/aromatic N) is 1. The van der Waals surface area contributed by atoms with Crippen LogP contribution in [0.2, 0.25) is 0 Å². The van der Waals surface area contributed by atoms with Crippen LogP contribution in [0.4, 0.5) is 0 Å². The average Bonchev–Trinajstić information content (AvgIpc) is 3.14. The molecule has 0 fully saturated rings. The molecule has 0 unspecified atom stereocenters. The van der Waals surface area contributed by atoms with Crippen molar-refractivity contribution in [3.05, 3.63) is 74.9 Å². The van der Waals surface area contributed by atoms with Crippen molar-refractivity contribution >= 4 is 65.7 Å². The minimum absolute atomic E-state index is 0.188. The SMILES string of the molecule is CCOc1ccc(/C=N\NC(=O)c2cc3cc(Br)cc(Br)c3o2)c2ccccc12. The van der Waals surface area contributed by atoms with Crippen LogP contribution in [0, 0.1) is 0 Å². The summed E-state index contributed by atoms with van der Waals surface area (Å²) in [7, 11) is 0. The molecule has 0 radical (unpaired) electrons. The number of hydrazone groups is 1. The molecule has 4 aromatic rings. The van der Waals surface area contributed by atoms with E-state index in [9.17, 15) is 4.79 Å². The molecule has 5 nitrogen and oxygen atoms in total. The number of carbonyl (C=O) groups is 1. The topological polar surface area (TPSA) is 63.8 Å². The van der Waals surface area contributed by atoms with Crippen molar-refractivity contribution in [1.29, 1.82) is 0 Å². The van der Waals surface area contributed by atoms with E-state index in [1.165, 1.54) is 0 Å². The predicted octanol–water partition coefficient (Wildman–Crippen LogP) is 6.27. The summed E-state index contributed by atoms with van der Waals surface area (Å²) < 4.78 is 13.0. The average molecular weight is 516 g/mol. The molecule has 146 valence electrons. The highest BCUT2D eigenvalue weighted by Gasteiger charge is 2.14. The number of nitrogens with one attached hydrogen (secondary N) is 1. The first kappa shape index (κ1) is 19.7. The van der Waals surface area contributed by atoms with Gasteiger partial charge < -0.3 is 9.15 Å². The molecule has 7 heteroatoms. The molecule has 3 aromatic carbocycles. The van der Waals surface area contributed by atoms with Crippen molar-refractivity contribution in [2.75, 3.05) is 6.61 Å². The normalized spacial score (nSPS) is 11.4. The summed E-state index contributed by atoms with van der Waals surface area (Å²) in [4.78, 5) is 12.4. The van der Waals surface area contributed by atoms with Crippen molar-refractivity contribution in [1.82, 2.24) is 5.43 Å². The van der Waals surface area contributed by atoms with Crippen molar-refractivity contribution < 1.29 is 13.9 Å². The minimum Gasteiger partial charge on any atom is -0.493 e. The summed E-state index contributed by atoms with van der Waals surface area (Å²) >= 11 is 6.87. The van der Waals surface area contributed by atoms with E-state index in [0.29, 0.717) is 12.2 Å². The Bertz CT molecular complexity index is 1250. The van der Waals surface area contributed by atoms with Gasteiger partial charge in [-0.3, -0.25) is 4.79 Å². The number of fused-ring (bicyclic) bond motifs is 2. The Morgan fingerprint density at radius 2 is 1.93 bits per heavy atom. The van der Waals surface area contributed by atoms with Gasteiger partial charge in [0.1, 0.15) is 11.3 Å². The summed E-state index contributed by atoms with van der Waals surface area (Å²) in [6.07, 6.45) is 1.62. The van der Waals surface area contributed by atoms with Gasteiger partial charge >= 0.3 is 5.91 Å². The molecule has 1 N–H and O–H groups in total. The summed E-state index contributed by atoms with van der Waals surface area (Å²) in [5.74, 6) is 0.589. The van der Waals surface area contributed by atoms with E-state index in [-0.39, 0.29) is 5.76 Å². The van der Waals surface area contributed by atoms with E-state index in [1.54, 1.807) is 12.3 Å². The summed E-state index contributed by atoms with van der Waals surface area (Å²) in [6, 6.07) is 17.2. The van der Waals surface area contributed by atoms with E-state index in [4.69, 9.17) is 9.15 Å². The number of hydrogen-bond acceptors (Lipinski definition) is 4. The molecule has 0 atom stereocenters. The lowest BCUT2D eigenvalue weighted by atomic mass is 10.0. The number of benzene rings is 3. The zero-order chi connectivity index (χ0) is 20.4. The van der Waals surface area contributed by atoms with Crippen LogP contribution in [0.5, 0.6) is 5.75 Å². The first-order valence-electron chi connectivity index (χ1n) is 8.93. The first-order valence-corrected chi connectivity index (χ1v) is 10.5. The number of halogens is 2. The van der Waals surface area contributed by atoms with Gasteiger partial charge in [0.05, 0.1) is 17.3 Å². The minimum atomic E-state index is -0.421. The van der Waals surface area contributed by atoms with Crippen LogP contribution in [-0.2, 0) is 0 Å². The predicted molar refractivity (Wildman–Crippen MR) is 122 cm³/mol. The molecule has 0 aliphatic rings. The van der Waals surface area contributed by atoms with Gasteiger partial charge in [0.25, 0.3) is 0 Å². The Kier molecular flexibility index (Phi) is 5.69. The largest absolute Gasteiger partial charge is 0.493 e. The molecule has 1 amide bonds. The molecule has 1 heterocycles. The lowest BCUT2D eigenvalue weighted by Crippen LogP contribution is -2.16. The van der Waals surface area contributed by atoms with E-state index >= 15 is 0 Å². The molecule has 1 aromatic heterocycles. The van der Waals surface area contributed by atoms with Crippen molar-refractivity contribution in [3.8, 4) is 5.75 Å². The van der Waals surface area contributed by atoms with E-state index in [0.717, 1.165) is 36.4 Å². The lowest BCUT2D eigenvalue weighted by Gasteiger charge is -2.09. The molecular formula is C22H16Br2N2O3. The third-order valence-electron chi connectivity index (χ3n) is 4.35. The molecule has 0 aliphatic carbocycles. The third-order valence-corrected chi connectivity index (χ3v) is 5.39. The molecule has 29 heavy (non-hydrogen) atoms. The van der Waals surface area contributed by atoms with E-state index in [1.807, 2.05) is 55.5 Å². The van der Waals surface area contributed by atoms with Crippen molar-refractivity contribution in [3.63, 3.8) is 0 Å². The van der Waals surface area contributed by atoms with Gasteiger partial charge in [0, 0.05) is 20.8 Å². The summed E-state index contributed by atoms with van der Waals surface area (Å²) in [5, 5.41) is 6.92. The Hall–Kier alpha value is -2.64. The molecular weight excluding hydrogens is 500 g/mol. The van der Waals surface area contributed by atoms with E-state index < -0.39 is 5.91 Å². The Morgan fingerprint density at radius 1 is 1.14 bits per heavy atom. The second-order valence-corrected chi connectivity index (χ2v) is 8.02. The lowest BCUT2D eigenvalue weighted by molar-refractivity contribution is 0.0929. The van der Waals surface area contributed by atoms with Crippen molar-refractivity contribution in [2.24, 2.45) is 5.10 Å². The summed E-state index contributed by atoms with van der Waals surface area (Å²) in [6.45, 7) is 2.55. The molecule has 0 aliphatic heterocycles. The Morgan fingerprint density at radius 3 is 2.72 bits per heavy atom. The smallest absolute Gasteiger partial charge is 0.307 e.